The highest BCUT2D eigenvalue weighted by atomic mass is 16.2. The first-order valence-electron chi connectivity index (χ1n) is 8.79. The van der Waals surface area contributed by atoms with Crippen LogP contribution in [0.3, 0.4) is 0 Å². The lowest BCUT2D eigenvalue weighted by atomic mass is 9.99. The molecule has 1 unspecified atom stereocenters. The van der Waals surface area contributed by atoms with Crippen molar-refractivity contribution in [2.75, 3.05) is 11.9 Å². The second kappa shape index (κ2) is 6.33. The summed E-state index contributed by atoms with van der Waals surface area (Å²) >= 11 is 0. The van der Waals surface area contributed by atoms with E-state index in [4.69, 9.17) is 0 Å². The number of β-lactam (4-membered cyclic amide) rings is 1. The SMILES string of the molecule is Cc1cccc(C)c1NC(=O)C(c1c[nH]c2ccccc12)N1CCC1=O. The van der Waals surface area contributed by atoms with Crippen LogP contribution >= 0.6 is 0 Å². The van der Waals surface area contributed by atoms with Crippen LogP contribution in [0, 0.1) is 13.8 Å². The molecule has 1 atom stereocenters. The number of anilines is 1. The first kappa shape index (κ1) is 16.4. The van der Waals surface area contributed by atoms with Gasteiger partial charge in [-0.2, -0.15) is 0 Å². The average molecular weight is 347 g/mol. The zero-order chi connectivity index (χ0) is 18.3. The quantitative estimate of drug-likeness (QED) is 0.707. The molecule has 1 fully saturated rings. The minimum absolute atomic E-state index is 0.0111. The Kier molecular flexibility index (Phi) is 3.99. The largest absolute Gasteiger partial charge is 0.361 e. The molecule has 5 heteroatoms. The fraction of sp³-hybridized carbons (Fsp3) is 0.238. The maximum absolute atomic E-state index is 13.2. The molecule has 2 amide bonds. The van der Waals surface area contributed by atoms with E-state index < -0.39 is 6.04 Å². The normalized spacial score (nSPS) is 15.0. The fourth-order valence-electron chi connectivity index (χ4n) is 3.58. The highest BCUT2D eigenvalue weighted by molar-refractivity contribution is 6.02. The van der Waals surface area contributed by atoms with Gasteiger partial charge >= 0.3 is 0 Å². The van der Waals surface area contributed by atoms with Crippen molar-refractivity contribution in [1.29, 1.82) is 0 Å². The number of amides is 2. The van der Waals surface area contributed by atoms with Crippen LogP contribution in [-0.4, -0.2) is 28.2 Å². The van der Waals surface area contributed by atoms with Crippen LogP contribution in [0.4, 0.5) is 5.69 Å². The zero-order valence-corrected chi connectivity index (χ0v) is 14.9. The number of H-pyrrole nitrogens is 1. The Hall–Kier alpha value is -3.08. The molecule has 1 saturated heterocycles. The lowest BCUT2D eigenvalue weighted by Gasteiger charge is -2.37. The number of rotatable bonds is 4. The van der Waals surface area contributed by atoms with E-state index >= 15 is 0 Å². The number of carbonyl (C=O) groups excluding carboxylic acids is 2. The molecule has 0 aliphatic carbocycles. The Morgan fingerprint density at radius 1 is 1.12 bits per heavy atom. The van der Waals surface area contributed by atoms with Gasteiger partial charge in [0.15, 0.2) is 0 Å². The van der Waals surface area contributed by atoms with Gasteiger partial charge in [0, 0.05) is 41.3 Å². The summed E-state index contributed by atoms with van der Waals surface area (Å²) in [5.74, 6) is -0.169. The monoisotopic (exact) mass is 347 g/mol. The van der Waals surface area contributed by atoms with Crippen LogP contribution in [0.1, 0.15) is 29.2 Å². The molecule has 0 saturated carbocycles. The van der Waals surface area contributed by atoms with Crippen molar-refractivity contribution in [2.24, 2.45) is 0 Å². The van der Waals surface area contributed by atoms with Crippen LogP contribution in [0.2, 0.25) is 0 Å². The summed E-state index contributed by atoms with van der Waals surface area (Å²) in [5.41, 5.74) is 4.62. The van der Waals surface area contributed by atoms with Crippen molar-refractivity contribution < 1.29 is 9.59 Å². The van der Waals surface area contributed by atoms with Crippen LogP contribution in [0.25, 0.3) is 10.9 Å². The number of fused-ring (bicyclic) bond motifs is 1. The smallest absolute Gasteiger partial charge is 0.251 e. The average Bonchev–Trinajstić information content (AvgIpc) is 3.05. The number of likely N-dealkylation sites (tertiary alicyclic amines) is 1. The summed E-state index contributed by atoms with van der Waals surface area (Å²) in [7, 11) is 0. The van der Waals surface area contributed by atoms with Crippen molar-refractivity contribution >= 4 is 28.4 Å². The number of benzene rings is 2. The number of carbonyl (C=O) groups is 2. The third kappa shape index (κ3) is 2.65. The Balaban J connectivity index is 1.74. The van der Waals surface area contributed by atoms with Crippen molar-refractivity contribution in [2.45, 2.75) is 26.3 Å². The molecule has 4 rings (SSSR count). The van der Waals surface area contributed by atoms with Gasteiger partial charge in [-0.1, -0.05) is 36.4 Å². The minimum atomic E-state index is -0.633. The van der Waals surface area contributed by atoms with Crippen LogP contribution < -0.4 is 5.32 Å². The molecule has 2 heterocycles. The molecular formula is C21H21N3O2. The predicted molar refractivity (Wildman–Crippen MR) is 102 cm³/mol. The molecule has 132 valence electrons. The molecule has 0 spiro atoms. The Morgan fingerprint density at radius 2 is 1.85 bits per heavy atom. The first-order valence-corrected chi connectivity index (χ1v) is 8.79. The van der Waals surface area contributed by atoms with Crippen LogP contribution in [-0.2, 0) is 9.59 Å². The number of aromatic nitrogens is 1. The summed E-state index contributed by atoms with van der Waals surface area (Å²) in [6, 6.07) is 13.1. The highest BCUT2D eigenvalue weighted by Crippen LogP contribution is 2.33. The number of aromatic amines is 1. The summed E-state index contributed by atoms with van der Waals surface area (Å²) in [4.78, 5) is 30.2. The van der Waals surface area contributed by atoms with Crippen molar-refractivity contribution in [3.05, 3.63) is 65.4 Å². The molecule has 26 heavy (non-hydrogen) atoms. The molecule has 2 aromatic carbocycles. The van der Waals surface area contributed by atoms with E-state index in [-0.39, 0.29) is 11.8 Å². The van der Waals surface area contributed by atoms with Crippen LogP contribution in [0.5, 0.6) is 0 Å². The van der Waals surface area contributed by atoms with E-state index in [0.717, 1.165) is 33.3 Å². The number of para-hydroxylation sites is 2. The molecule has 0 radical (unpaired) electrons. The van der Waals surface area contributed by atoms with Gasteiger partial charge < -0.3 is 15.2 Å². The summed E-state index contributed by atoms with van der Waals surface area (Å²) in [6.45, 7) is 4.54. The molecule has 0 bridgehead atoms. The van der Waals surface area contributed by atoms with E-state index in [0.29, 0.717) is 13.0 Å². The molecule has 2 N–H and O–H groups in total. The molecule has 3 aromatic rings. The first-order chi connectivity index (χ1) is 12.6. The highest BCUT2D eigenvalue weighted by Gasteiger charge is 2.38. The topological polar surface area (TPSA) is 65.2 Å². The predicted octanol–water partition coefficient (Wildman–Crippen LogP) is 3.70. The Morgan fingerprint density at radius 3 is 2.50 bits per heavy atom. The van der Waals surface area contributed by atoms with Gasteiger partial charge in [0.25, 0.3) is 5.91 Å². The van der Waals surface area contributed by atoms with Gasteiger partial charge in [-0.05, 0) is 31.0 Å². The van der Waals surface area contributed by atoms with E-state index in [1.165, 1.54) is 0 Å². The van der Waals surface area contributed by atoms with Crippen molar-refractivity contribution in [3.8, 4) is 0 Å². The summed E-state index contributed by atoms with van der Waals surface area (Å²) in [5, 5.41) is 4.02. The maximum atomic E-state index is 13.2. The second-order valence-electron chi connectivity index (χ2n) is 6.79. The van der Waals surface area contributed by atoms with Gasteiger partial charge in [0.05, 0.1) is 0 Å². The number of aryl methyl sites for hydroxylation is 2. The fourth-order valence-corrected chi connectivity index (χ4v) is 3.58. The summed E-state index contributed by atoms with van der Waals surface area (Å²) < 4.78 is 0. The van der Waals surface area contributed by atoms with Crippen LogP contribution in [0.15, 0.2) is 48.7 Å². The Bertz CT molecular complexity index is 985. The van der Waals surface area contributed by atoms with Gasteiger partial charge in [0.2, 0.25) is 5.91 Å². The maximum Gasteiger partial charge on any atom is 0.251 e. The number of hydrogen-bond donors (Lipinski definition) is 2. The van der Waals surface area contributed by atoms with E-state index in [1.807, 2.05) is 62.5 Å². The number of nitrogens with zero attached hydrogens (tertiary/aromatic N) is 1. The Labute approximate surface area is 152 Å². The molecule has 1 aliphatic heterocycles. The van der Waals surface area contributed by atoms with E-state index in [1.54, 1.807) is 4.90 Å². The lowest BCUT2D eigenvalue weighted by Crippen LogP contribution is -2.49. The molecule has 5 nitrogen and oxygen atoms in total. The third-order valence-corrected chi connectivity index (χ3v) is 5.09. The number of hydrogen-bond acceptors (Lipinski definition) is 2. The standard InChI is InChI=1S/C21H21N3O2/c1-13-6-5-7-14(2)19(13)23-21(26)20(24-11-10-18(24)25)16-12-22-17-9-4-3-8-15(16)17/h3-9,12,20,22H,10-11H2,1-2H3,(H,23,26). The van der Waals surface area contributed by atoms with Crippen molar-refractivity contribution in [3.63, 3.8) is 0 Å². The van der Waals surface area contributed by atoms with Gasteiger partial charge in [0.1, 0.15) is 6.04 Å². The third-order valence-electron chi connectivity index (χ3n) is 5.09. The van der Waals surface area contributed by atoms with Crippen molar-refractivity contribution in [1.82, 2.24) is 9.88 Å². The molecule has 1 aromatic heterocycles. The number of nitrogens with one attached hydrogen (secondary N) is 2. The minimum Gasteiger partial charge on any atom is -0.361 e. The van der Waals surface area contributed by atoms with Gasteiger partial charge in [-0.25, -0.2) is 0 Å². The van der Waals surface area contributed by atoms with Gasteiger partial charge in [-0.15, -0.1) is 0 Å². The lowest BCUT2D eigenvalue weighted by molar-refractivity contribution is -0.147. The summed E-state index contributed by atoms with van der Waals surface area (Å²) in [6.07, 6.45) is 2.33. The van der Waals surface area contributed by atoms with E-state index in [9.17, 15) is 9.59 Å². The zero-order valence-electron chi connectivity index (χ0n) is 14.9. The van der Waals surface area contributed by atoms with E-state index in [2.05, 4.69) is 10.3 Å². The van der Waals surface area contributed by atoms with Gasteiger partial charge in [-0.3, -0.25) is 9.59 Å². The second-order valence-corrected chi connectivity index (χ2v) is 6.79. The molecular weight excluding hydrogens is 326 g/mol. The molecule has 1 aliphatic rings.